The molecule has 1 heterocycles. The topological polar surface area (TPSA) is 95.6 Å². The van der Waals surface area contributed by atoms with Gasteiger partial charge in [0.2, 0.25) is 21.8 Å². The van der Waals surface area contributed by atoms with Crippen molar-refractivity contribution < 1.29 is 31.2 Å². The molecule has 0 aliphatic carbocycles. The lowest BCUT2D eigenvalue weighted by Crippen LogP contribution is -2.57. The molecule has 11 heteroatoms. The van der Waals surface area contributed by atoms with Gasteiger partial charge in [-0.15, -0.1) is 0 Å². The normalized spacial score (nSPS) is 17.6. The average molecular weight is 427 g/mol. The van der Waals surface area contributed by atoms with E-state index in [4.69, 9.17) is 0 Å². The molecule has 1 aliphatic rings. The molecule has 0 aromatic heterocycles. The number of anilines is 1. The molecule has 29 heavy (non-hydrogen) atoms. The van der Waals surface area contributed by atoms with Crippen LogP contribution in [0.25, 0.3) is 0 Å². The summed E-state index contributed by atoms with van der Waals surface area (Å²) >= 11 is 0. The summed E-state index contributed by atoms with van der Waals surface area (Å²) in [6, 6.07) is 7.21. The van der Waals surface area contributed by atoms with Crippen LogP contribution in [0.4, 0.5) is 18.9 Å². The second kappa shape index (κ2) is 8.21. The molecule has 1 aliphatic heterocycles. The molecule has 0 spiro atoms. The standard InChI is InChI=1S/C18H16F3N3O4S/c19-13-8-11(9-14(20)17(13)21)23-16(25)10-15-18(26)22-6-7-24(15)29(27,28)12-4-2-1-3-5-12/h1-5,8-9,15H,6-7,10H2,(H,22,26)(H,23,25). The summed E-state index contributed by atoms with van der Waals surface area (Å²) in [7, 11) is -4.06. The van der Waals surface area contributed by atoms with Gasteiger partial charge in [-0.3, -0.25) is 9.59 Å². The van der Waals surface area contributed by atoms with Gasteiger partial charge in [-0.05, 0) is 12.1 Å². The largest absolute Gasteiger partial charge is 0.353 e. The molecule has 0 bridgehead atoms. The highest BCUT2D eigenvalue weighted by Crippen LogP contribution is 2.22. The smallest absolute Gasteiger partial charge is 0.243 e. The number of carbonyl (C=O) groups excluding carboxylic acids is 2. The number of rotatable bonds is 5. The Balaban J connectivity index is 1.81. The van der Waals surface area contributed by atoms with Gasteiger partial charge in [0.15, 0.2) is 17.5 Å². The number of hydrogen-bond acceptors (Lipinski definition) is 4. The zero-order chi connectivity index (χ0) is 21.2. The minimum atomic E-state index is -4.06. The second-order valence-electron chi connectivity index (χ2n) is 6.24. The molecular weight excluding hydrogens is 411 g/mol. The lowest BCUT2D eigenvalue weighted by atomic mass is 10.1. The average Bonchev–Trinajstić information content (AvgIpc) is 2.68. The molecule has 1 saturated heterocycles. The Kier molecular flexibility index (Phi) is 5.89. The first-order valence-electron chi connectivity index (χ1n) is 8.49. The van der Waals surface area contributed by atoms with Crippen LogP contribution in [-0.2, 0) is 19.6 Å². The molecule has 2 amide bonds. The summed E-state index contributed by atoms with van der Waals surface area (Å²) in [5, 5.41) is 4.63. The summed E-state index contributed by atoms with van der Waals surface area (Å²) < 4.78 is 66.3. The fraction of sp³-hybridized carbons (Fsp3) is 0.222. The van der Waals surface area contributed by atoms with Gasteiger partial charge in [-0.25, -0.2) is 21.6 Å². The number of benzene rings is 2. The maximum atomic E-state index is 13.3. The summed E-state index contributed by atoms with van der Waals surface area (Å²) in [6.45, 7) is 0.0120. The van der Waals surface area contributed by atoms with Crippen LogP contribution >= 0.6 is 0 Å². The molecule has 7 nitrogen and oxygen atoms in total. The van der Waals surface area contributed by atoms with Crippen molar-refractivity contribution in [3.05, 3.63) is 59.9 Å². The number of piperazine rings is 1. The van der Waals surface area contributed by atoms with Crippen molar-refractivity contribution in [1.82, 2.24) is 9.62 Å². The predicted molar refractivity (Wildman–Crippen MR) is 96.7 cm³/mol. The molecule has 2 aromatic carbocycles. The van der Waals surface area contributed by atoms with Crippen LogP contribution in [0.15, 0.2) is 47.4 Å². The second-order valence-corrected chi connectivity index (χ2v) is 8.13. The summed E-state index contributed by atoms with van der Waals surface area (Å²) in [5.41, 5.74) is -0.361. The van der Waals surface area contributed by atoms with Crippen LogP contribution in [0.5, 0.6) is 0 Å². The third-order valence-electron chi connectivity index (χ3n) is 4.28. The Morgan fingerprint density at radius 1 is 1.14 bits per heavy atom. The predicted octanol–water partition coefficient (Wildman–Crippen LogP) is 1.62. The van der Waals surface area contributed by atoms with Gasteiger partial charge in [0, 0.05) is 30.9 Å². The van der Waals surface area contributed by atoms with E-state index in [1.165, 1.54) is 24.3 Å². The summed E-state index contributed by atoms with van der Waals surface area (Å²) in [5.74, 6) is -6.23. The number of nitrogens with one attached hydrogen (secondary N) is 2. The van der Waals surface area contributed by atoms with Crippen molar-refractivity contribution in [3.63, 3.8) is 0 Å². The molecule has 2 N–H and O–H groups in total. The summed E-state index contributed by atoms with van der Waals surface area (Å²) in [6.07, 6.45) is -0.599. The van der Waals surface area contributed by atoms with Crippen molar-refractivity contribution in [2.75, 3.05) is 18.4 Å². The highest BCUT2D eigenvalue weighted by molar-refractivity contribution is 7.89. The molecule has 2 aromatic rings. The van der Waals surface area contributed by atoms with Gasteiger partial charge in [-0.1, -0.05) is 18.2 Å². The highest BCUT2D eigenvalue weighted by atomic mass is 32.2. The summed E-state index contributed by atoms with van der Waals surface area (Å²) in [4.78, 5) is 24.5. The molecule has 0 radical (unpaired) electrons. The van der Waals surface area contributed by atoms with Crippen LogP contribution in [0.2, 0.25) is 0 Å². The van der Waals surface area contributed by atoms with Crippen LogP contribution in [-0.4, -0.2) is 43.7 Å². The zero-order valence-electron chi connectivity index (χ0n) is 14.9. The van der Waals surface area contributed by atoms with E-state index in [0.29, 0.717) is 12.1 Å². The molecule has 0 saturated carbocycles. The van der Waals surface area contributed by atoms with Crippen LogP contribution in [0, 0.1) is 17.5 Å². The molecule has 3 rings (SSSR count). The Morgan fingerprint density at radius 3 is 2.38 bits per heavy atom. The molecule has 1 fully saturated rings. The third-order valence-corrected chi connectivity index (χ3v) is 6.20. The fourth-order valence-corrected chi connectivity index (χ4v) is 4.53. The van der Waals surface area contributed by atoms with Gasteiger partial charge in [0.25, 0.3) is 0 Å². The number of sulfonamides is 1. The monoisotopic (exact) mass is 427 g/mol. The number of nitrogens with zero attached hydrogens (tertiary/aromatic N) is 1. The van der Waals surface area contributed by atoms with Gasteiger partial charge in [0.1, 0.15) is 6.04 Å². The van der Waals surface area contributed by atoms with E-state index in [1.54, 1.807) is 6.07 Å². The Hall–Kier alpha value is -2.92. The molecular formula is C18H16F3N3O4S. The van der Waals surface area contributed by atoms with E-state index in [9.17, 15) is 31.2 Å². The first-order valence-corrected chi connectivity index (χ1v) is 9.93. The van der Waals surface area contributed by atoms with E-state index in [2.05, 4.69) is 10.6 Å². The van der Waals surface area contributed by atoms with Crippen molar-refractivity contribution in [2.24, 2.45) is 0 Å². The van der Waals surface area contributed by atoms with Crippen molar-refractivity contribution >= 4 is 27.5 Å². The van der Waals surface area contributed by atoms with Crippen LogP contribution in [0.1, 0.15) is 6.42 Å². The van der Waals surface area contributed by atoms with Crippen LogP contribution < -0.4 is 10.6 Å². The maximum Gasteiger partial charge on any atom is 0.243 e. The van der Waals surface area contributed by atoms with Gasteiger partial charge in [0.05, 0.1) is 11.3 Å². The number of amides is 2. The number of hydrogen-bond donors (Lipinski definition) is 2. The third kappa shape index (κ3) is 4.40. The van der Waals surface area contributed by atoms with Crippen molar-refractivity contribution in [3.8, 4) is 0 Å². The van der Waals surface area contributed by atoms with E-state index in [1.807, 2.05) is 0 Å². The highest BCUT2D eigenvalue weighted by Gasteiger charge is 2.39. The van der Waals surface area contributed by atoms with E-state index in [0.717, 1.165) is 4.31 Å². The fourth-order valence-electron chi connectivity index (χ4n) is 2.92. The lowest BCUT2D eigenvalue weighted by molar-refractivity contribution is -0.130. The number of halogens is 3. The molecule has 154 valence electrons. The Bertz CT molecular complexity index is 1020. The lowest BCUT2D eigenvalue weighted by Gasteiger charge is -2.33. The zero-order valence-corrected chi connectivity index (χ0v) is 15.7. The van der Waals surface area contributed by atoms with Gasteiger partial charge >= 0.3 is 0 Å². The van der Waals surface area contributed by atoms with Gasteiger partial charge < -0.3 is 10.6 Å². The Morgan fingerprint density at radius 2 is 1.76 bits per heavy atom. The molecule has 1 atom stereocenters. The first kappa shape index (κ1) is 20.8. The first-order chi connectivity index (χ1) is 13.7. The maximum absolute atomic E-state index is 13.3. The van der Waals surface area contributed by atoms with Crippen LogP contribution in [0.3, 0.4) is 0 Å². The van der Waals surface area contributed by atoms with Gasteiger partial charge in [-0.2, -0.15) is 4.31 Å². The molecule has 1 unspecified atom stereocenters. The van der Waals surface area contributed by atoms with E-state index < -0.39 is 51.8 Å². The van der Waals surface area contributed by atoms with Crippen molar-refractivity contribution in [2.45, 2.75) is 17.4 Å². The van der Waals surface area contributed by atoms with E-state index in [-0.39, 0.29) is 23.7 Å². The van der Waals surface area contributed by atoms with Crippen molar-refractivity contribution in [1.29, 1.82) is 0 Å². The SMILES string of the molecule is O=C(CC1C(=O)NCCN1S(=O)(=O)c1ccccc1)Nc1cc(F)c(F)c(F)c1. The minimum absolute atomic E-state index is 0.0391. The minimum Gasteiger partial charge on any atom is -0.353 e. The number of carbonyl (C=O) groups is 2. The Labute approximate surface area is 164 Å². The van der Waals surface area contributed by atoms with E-state index >= 15 is 0 Å². The quantitative estimate of drug-likeness (QED) is 0.709.